The number of rotatable bonds is 6. The van der Waals surface area contributed by atoms with E-state index < -0.39 is 21.8 Å². The first-order chi connectivity index (χ1) is 13.4. The van der Waals surface area contributed by atoms with Gasteiger partial charge in [0.15, 0.2) is 0 Å². The Morgan fingerprint density at radius 3 is 2.46 bits per heavy atom. The molecule has 0 spiro atoms. The predicted molar refractivity (Wildman–Crippen MR) is 100 cm³/mol. The van der Waals surface area contributed by atoms with Crippen molar-refractivity contribution in [3.8, 4) is 0 Å². The fourth-order valence-electron chi connectivity index (χ4n) is 3.31. The van der Waals surface area contributed by atoms with Crippen molar-refractivity contribution in [2.75, 3.05) is 26.2 Å². The SMILES string of the molecule is O=C(CCN1CCCC1=O)NNC(=O)c1cccc(S(=O)(=O)N2CCCC2)c1. The maximum atomic E-state index is 12.6. The molecule has 0 aromatic heterocycles. The van der Waals surface area contributed by atoms with Crippen molar-refractivity contribution in [2.24, 2.45) is 0 Å². The molecule has 9 nitrogen and oxygen atoms in total. The molecule has 1 aromatic rings. The van der Waals surface area contributed by atoms with Crippen LogP contribution in [0.3, 0.4) is 0 Å². The summed E-state index contributed by atoms with van der Waals surface area (Å²) < 4.78 is 26.6. The number of sulfonamides is 1. The van der Waals surface area contributed by atoms with Gasteiger partial charge >= 0.3 is 0 Å². The van der Waals surface area contributed by atoms with E-state index in [0.717, 1.165) is 19.3 Å². The van der Waals surface area contributed by atoms with Gasteiger partial charge in [-0.3, -0.25) is 25.2 Å². The molecule has 3 rings (SSSR count). The smallest absolute Gasteiger partial charge is 0.269 e. The molecule has 3 amide bonds. The van der Waals surface area contributed by atoms with Gasteiger partial charge in [-0.1, -0.05) is 6.07 Å². The quantitative estimate of drug-likeness (QED) is 0.655. The highest BCUT2D eigenvalue weighted by Crippen LogP contribution is 2.21. The van der Waals surface area contributed by atoms with Gasteiger partial charge in [0.2, 0.25) is 21.8 Å². The Morgan fingerprint density at radius 2 is 1.79 bits per heavy atom. The zero-order valence-corrected chi connectivity index (χ0v) is 16.3. The molecule has 2 N–H and O–H groups in total. The molecular weight excluding hydrogens is 384 g/mol. The van der Waals surface area contributed by atoms with E-state index in [-0.39, 0.29) is 22.8 Å². The molecule has 10 heteroatoms. The topological polar surface area (TPSA) is 116 Å². The van der Waals surface area contributed by atoms with E-state index in [2.05, 4.69) is 10.9 Å². The van der Waals surface area contributed by atoms with Crippen molar-refractivity contribution in [1.82, 2.24) is 20.1 Å². The van der Waals surface area contributed by atoms with Gasteiger partial charge in [-0.25, -0.2) is 8.42 Å². The average molecular weight is 408 g/mol. The molecular formula is C18H24N4O5S. The molecule has 0 bridgehead atoms. The summed E-state index contributed by atoms with van der Waals surface area (Å²) in [4.78, 5) is 37.3. The Balaban J connectivity index is 1.54. The summed E-state index contributed by atoms with van der Waals surface area (Å²) in [5, 5.41) is 0. The normalized spacial score (nSPS) is 17.7. The molecule has 0 radical (unpaired) electrons. The van der Waals surface area contributed by atoms with Crippen molar-refractivity contribution in [2.45, 2.75) is 37.0 Å². The molecule has 0 atom stereocenters. The second kappa shape index (κ2) is 8.70. The summed E-state index contributed by atoms with van der Waals surface area (Å²) in [6.07, 6.45) is 3.04. The number of carbonyl (C=O) groups excluding carboxylic acids is 3. The van der Waals surface area contributed by atoms with Crippen LogP contribution in [0.25, 0.3) is 0 Å². The molecule has 2 aliphatic rings. The number of hydrazine groups is 1. The van der Waals surface area contributed by atoms with Crippen LogP contribution >= 0.6 is 0 Å². The first-order valence-corrected chi connectivity index (χ1v) is 10.8. The molecule has 0 aliphatic carbocycles. The third-order valence-corrected chi connectivity index (χ3v) is 6.79. The van der Waals surface area contributed by atoms with Crippen LogP contribution in [0.4, 0.5) is 0 Å². The lowest BCUT2D eigenvalue weighted by molar-refractivity contribution is -0.128. The molecule has 2 heterocycles. The fraction of sp³-hybridized carbons (Fsp3) is 0.500. The monoisotopic (exact) mass is 408 g/mol. The number of benzene rings is 1. The molecule has 152 valence electrons. The van der Waals surface area contributed by atoms with Gasteiger partial charge in [0.25, 0.3) is 5.91 Å². The Kier molecular flexibility index (Phi) is 6.30. The van der Waals surface area contributed by atoms with Crippen molar-refractivity contribution in [3.63, 3.8) is 0 Å². The summed E-state index contributed by atoms with van der Waals surface area (Å²) in [5.74, 6) is -0.995. The molecule has 2 fully saturated rings. The number of nitrogens with one attached hydrogen (secondary N) is 2. The highest BCUT2D eigenvalue weighted by molar-refractivity contribution is 7.89. The number of hydrogen-bond acceptors (Lipinski definition) is 5. The number of hydrogen-bond donors (Lipinski definition) is 2. The van der Waals surface area contributed by atoms with Gasteiger partial charge in [0, 0.05) is 44.6 Å². The molecule has 0 unspecified atom stereocenters. The molecule has 28 heavy (non-hydrogen) atoms. The van der Waals surface area contributed by atoms with Crippen LogP contribution in [-0.2, 0) is 19.6 Å². The Morgan fingerprint density at radius 1 is 1.04 bits per heavy atom. The standard InChI is InChI=1S/C18H24N4O5S/c23-16(8-12-21-9-4-7-17(21)24)19-20-18(25)14-5-3-6-15(13-14)28(26,27)22-10-1-2-11-22/h3,5-6,13H,1-2,4,7-12H2,(H,19,23)(H,20,25). The van der Waals surface area contributed by atoms with Gasteiger partial charge in [-0.05, 0) is 37.5 Å². The van der Waals surface area contributed by atoms with Crippen LogP contribution in [0.5, 0.6) is 0 Å². The highest BCUT2D eigenvalue weighted by atomic mass is 32.2. The summed E-state index contributed by atoms with van der Waals surface area (Å²) in [6, 6.07) is 5.74. The lowest BCUT2D eigenvalue weighted by atomic mass is 10.2. The van der Waals surface area contributed by atoms with Crippen LogP contribution < -0.4 is 10.9 Å². The van der Waals surface area contributed by atoms with Gasteiger partial charge in [-0.2, -0.15) is 4.31 Å². The van der Waals surface area contributed by atoms with Crippen molar-refractivity contribution in [3.05, 3.63) is 29.8 Å². The average Bonchev–Trinajstić information content (AvgIpc) is 3.37. The first kappa shape index (κ1) is 20.3. The van der Waals surface area contributed by atoms with Crippen LogP contribution in [0, 0.1) is 0 Å². The largest absolute Gasteiger partial charge is 0.342 e. The number of amides is 3. The Bertz CT molecular complexity index is 864. The third kappa shape index (κ3) is 4.68. The van der Waals surface area contributed by atoms with Gasteiger partial charge < -0.3 is 4.90 Å². The minimum Gasteiger partial charge on any atom is -0.342 e. The molecule has 2 saturated heterocycles. The lowest BCUT2D eigenvalue weighted by Crippen LogP contribution is -2.43. The number of likely N-dealkylation sites (tertiary alicyclic amines) is 1. The van der Waals surface area contributed by atoms with E-state index in [4.69, 9.17) is 0 Å². The zero-order chi connectivity index (χ0) is 20.1. The van der Waals surface area contributed by atoms with Crippen molar-refractivity contribution < 1.29 is 22.8 Å². The summed E-state index contributed by atoms with van der Waals surface area (Å²) >= 11 is 0. The van der Waals surface area contributed by atoms with E-state index in [1.807, 2.05) is 0 Å². The minimum absolute atomic E-state index is 0.0351. The maximum Gasteiger partial charge on any atom is 0.269 e. The van der Waals surface area contributed by atoms with E-state index in [0.29, 0.717) is 32.6 Å². The molecule has 1 aromatic carbocycles. The van der Waals surface area contributed by atoms with Gasteiger partial charge in [0.1, 0.15) is 0 Å². The van der Waals surface area contributed by atoms with Crippen LogP contribution in [0.2, 0.25) is 0 Å². The minimum atomic E-state index is -3.62. The first-order valence-electron chi connectivity index (χ1n) is 9.35. The van der Waals surface area contributed by atoms with Crippen molar-refractivity contribution >= 4 is 27.7 Å². The number of carbonyl (C=O) groups is 3. The Hall–Kier alpha value is -2.46. The van der Waals surface area contributed by atoms with Crippen LogP contribution in [0.15, 0.2) is 29.2 Å². The van der Waals surface area contributed by atoms with Gasteiger partial charge in [0.05, 0.1) is 4.90 Å². The summed E-state index contributed by atoms with van der Waals surface area (Å²) in [6.45, 7) is 1.92. The number of nitrogens with zero attached hydrogens (tertiary/aromatic N) is 2. The fourth-order valence-corrected chi connectivity index (χ4v) is 4.88. The Labute approximate surface area is 164 Å². The van der Waals surface area contributed by atoms with E-state index in [1.54, 1.807) is 4.90 Å². The lowest BCUT2D eigenvalue weighted by Gasteiger charge is -2.16. The zero-order valence-electron chi connectivity index (χ0n) is 15.5. The van der Waals surface area contributed by atoms with Crippen LogP contribution in [-0.4, -0.2) is 61.5 Å². The van der Waals surface area contributed by atoms with Crippen LogP contribution in [0.1, 0.15) is 42.5 Å². The van der Waals surface area contributed by atoms with Crippen molar-refractivity contribution in [1.29, 1.82) is 0 Å². The summed E-state index contributed by atoms with van der Waals surface area (Å²) in [5.41, 5.74) is 4.71. The van der Waals surface area contributed by atoms with E-state index in [1.165, 1.54) is 28.6 Å². The predicted octanol–water partition coefficient (Wildman–Crippen LogP) is 0.245. The highest BCUT2D eigenvalue weighted by Gasteiger charge is 2.27. The maximum absolute atomic E-state index is 12.6. The second-order valence-corrected chi connectivity index (χ2v) is 8.81. The summed E-state index contributed by atoms with van der Waals surface area (Å²) in [7, 11) is -3.62. The second-order valence-electron chi connectivity index (χ2n) is 6.88. The molecule has 2 aliphatic heterocycles. The molecule has 0 saturated carbocycles. The van der Waals surface area contributed by atoms with E-state index >= 15 is 0 Å². The third-order valence-electron chi connectivity index (χ3n) is 4.89. The van der Waals surface area contributed by atoms with Gasteiger partial charge in [-0.15, -0.1) is 0 Å². The van der Waals surface area contributed by atoms with E-state index in [9.17, 15) is 22.8 Å².